The Morgan fingerprint density at radius 2 is 1.95 bits per heavy atom. The van der Waals surface area contributed by atoms with Gasteiger partial charge in [0.1, 0.15) is 16.8 Å². The van der Waals surface area contributed by atoms with Crippen molar-refractivity contribution in [2.24, 2.45) is 0 Å². The lowest BCUT2D eigenvalue weighted by molar-refractivity contribution is 0.102. The lowest BCUT2D eigenvalue weighted by atomic mass is 10.2. The van der Waals surface area contributed by atoms with Crippen LogP contribution in [0.15, 0.2) is 30.3 Å². The molecule has 1 heterocycles. The van der Waals surface area contributed by atoms with E-state index in [0.717, 1.165) is 12.1 Å². The van der Waals surface area contributed by atoms with E-state index in [-0.39, 0.29) is 27.2 Å². The van der Waals surface area contributed by atoms with Crippen LogP contribution in [0.5, 0.6) is 0 Å². The van der Waals surface area contributed by atoms with Crippen molar-refractivity contribution in [1.82, 2.24) is 4.98 Å². The second kappa shape index (κ2) is 5.42. The molecular weight excluding hydrogens is 292 g/mol. The summed E-state index contributed by atoms with van der Waals surface area (Å²) in [5, 5.41) is 2.77. The summed E-state index contributed by atoms with van der Waals surface area (Å²) in [7, 11) is 0. The molecule has 0 spiro atoms. The number of aromatic nitrogens is 1. The number of nitrogen functional groups attached to an aromatic ring is 1. The number of carbonyl (C=O) groups is 1. The van der Waals surface area contributed by atoms with Gasteiger partial charge < -0.3 is 11.1 Å². The summed E-state index contributed by atoms with van der Waals surface area (Å²) in [6, 6.07) is 6.43. The van der Waals surface area contributed by atoms with Gasteiger partial charge in [-0.2, -0.15) is 0 Å². The van der Waals surface area contributed by atoms with Gasteiger partial charge in [0.05, 0.1) is 0 Å². The van der Waals surface area contributed by atoms with Crippen molar-refractivity contribution >= 4 is 40.6 Å². The van der Waals surface area contributed by atoms with E-state index in [1.54, 1.807) is 0 Å². The lowest BCUT2D eigenvalue weighted by Gasteiger charge is -2.07. The molecule has 0 radical (unpaired) electrons. The first-order valence-electron chi connectivity index (χ1n) is 5.14. The Morgan fingerprint density at radius 3 is 2.58 bits per heavy atom. The zero-order valence-corrected chi connectivity index (χ0v) is 11.0. The quantitative estimate of drug-likeness (QED) is 0.836. The third kappa shape index (κ3) is 3.56. The number of anilines is 2. The fourth-order valence-electron chi connectivity index (χ4n) is 1.48. The number of amides is 1. The second-order valence-electron chi connectivity index (χ2n) is 3.72. The van der Waals surface area contributed by atoms with Gasteiger partial charge in [0, 0.05) is 16.3 Å². The van der Waals surface area contributed by atoms with E-state index in [9.17, 15) is 9.18 Å². The summed E-state index contributed by atoms with van der Waals surface area (Å²) in [6.45, 7) is 0. The third-order valence-electron chi connectivity index (χ3n) is 2.20. The van der Waals surface area contributed by atoms with Crippen LogP contribution >= 0.6 is 23.2 Å². The van der Waals surface area contributed by atoms with E-state index >= 15 is 0 Å². The average molecular weight is 300 g/mol. The summed E-state index contributed by atoms with van der Waals surface area (Å²) in [4.78, 5) is 15.7. The van der Waals surface area contributed by atoms with Crippen molar-refractivity contribution in [1.29, 1.82) is 0 Å². The molecular formula is C12H8Cl2FN3O. The summed E-state index contributed by atoms with van der Waals surface area (Å²) in [5.74, 6) is -0.914. The van der Waals surface area contributed by atoms with Crippen molar-refractivity contribution in [2.75, 3.05) is 11.1 Å². The molecule has 0 aliphatic heterocycles. The number of hydrogen-bond acceptors (Lipinski definition) is 3. The molecule has 0 fully saturated rings. The van der Waals surface area contributed by atoms with Gasteiger partial charge in [-0.1, -0.05) is 23.2 Å². The summed E-state index contributed by atoms with van der Waals surface area (Å²) in [6.07, 6.45) is 0. The number of carbonyl (C=O) groups excluding carboxylic acids is 1. The molecule has 1 aromatic carbocycles. The standard InChI is InChI=1S/C12H8Cl2FN3O/c13-7-3-8(15)5-9(4-7)17-12(19)6-1-10(14)18-11(16)2-6/h1-5H,(H2,16,18)(H,17,19). The topological polar surface area (TPSA) is 68.0 Å². The minimum absolute atomic E-state index is 0.0995. The van der Waals surface area contributed by atoms with Crippen molar-refractivity contribution < 1.29 is 9.18 Å². The second-order valence-corrected chi connectivity index (χ2v) is 4.54. The fourth-order valence-corrected chi connectivity index (χ4v) is 1.91. The van der Waals surface area contributed by atoms with Gasteiger partial charge in [0.25, 0.3) is 5.91 Å². The summed E-state index contributed by atoms with van der Waals surface area (Å²) in [5.41, 5.74) is 5.94. The highest BCUT2D eigenvalue weighted by Crippen LogP contribution is 2.19. The van der Waals surface area contributed by atoms with Crippen LogP contribution < -0.4 is 11.1 Å². The van der Waals surface area contributed by atoms with E-state index in [0.29, 0.717) is 0 Å². The third-order valence-corrected chi connectivity index (χ3v) is 2.61. The Hall–Kier alpha value is -1.85. The number of halogens is 3. The molecule has 0 unspecified atom stereocenters. The largest absolute Gasteiger partial charge is 0.384 e. The first-order chi connectivity index (χ1) is 8.94. The van der Waals surface area contributed by atoms with Crippen molar-refractivity contribution in [3.8, 4) is 0 Å². The van der Waals surface area contributed by atoms with Gasteiger partial charge in [-0.3, -0.25) is 4.79 Å². The first kappa shape index (κ1) is 13.6. The van der Waals surface area contributed by atoms with Crippen LogP contribution in [0, 0.1) is 5.82 Å². The Labute approximate surface area is 118 Å². The number of rotatable bonds is 2. The van der Waals surface area contributed by atoms with E-state index in [1.165, 1.54) is 18.2 Å². The molecule has 7 heteroatoms. The van der Waals surface area contributed by atoms with Gasteiger partial charge >= 0.3 is 0 Å². The number of nitrogens with zero attached hydrogens (tertiary/aromatic N) is 1. The maximum Gasteiger partial charge on any atom is 0.255 e. The van der Waals surface area contributed by atoms with Gasteiger partial charge in [-0.05, 0) is 30.3 Å². The van der Waals surface area contributed by atoms with E-state index in [4.69, 9.17) is 28.9 Å². The number of hydrogen-bond donors (Lipinski definition) is 2. The Morgan fingerprint density at radius 1 is 1.21 bits per heavy atom. The molecule has 3 N–H and O–H groups in total. The lowest BCUT2D eigenvalue weighted by Crippen LogP contribution is -2.13. The van der Waals surface area contributed by atoms with Gasteiger partial charge in [0.15, 0.2) is 0 Å². The summed E-state index contributed by atoms with van der Waals surface area (Å²) >= 11 is 11.4. The van der Waals surface area contributed by atoms with Crippen LogP contribution in [0.1, 0.15) is 10.4 Å². The molecule has 1 aromatic heterocycles. The highest BCUT2D eigenvalue weighted by molar-refractivity contribution is 6.31. The van der Waals surface area contributed by atoms with Crippen LogP contribution in [0.25, 0.3) is 0 Å². The van der Waals surface area contributed by atoms with Crippen LogP contribution in [0.4, 0.5) is 15.9 Å². The van der Waals surface area contributed by atoms with E-state index in [2.05, 4.69) is 10.3 Å². The van der Waals surface area contributed by atoms with Crippen LogP contribution in [0.3, 0.4) is 0 Å². The Kier molecular flexibility index (Phi) is 3.87. The molecule has 19 heavy (non-hydrogen) atoms. The first-order valence-corrected chi connectivity index (χ1v) is 5.90. The normalized spacial score (nSPS) is 10.3. The molecule has 0 saturated heterocycles. The SMILES string of the molecule is Nc1cc(C(=O)Nc2cc(F)cc(Cl)c2)cc(Cl)n1. The summed E-state index contributed by atoms with van der Waals surface area (Å²) < 4.78 is 13.1. The highest BCUT2D eigenvalue weighted by atomic mass is 35.5. The average Bonchev–Trinajstić information content (AvgIpc) is 2.25. The van der Waals surface area contributed by atoms with Gasteiger partial charge in [-0.15, -0.1) is 0 Å². The maximum atomic E-state index is 13.1. The van der Waals surface area contributed by atoms with Crippen LogP contribution in [-0.2, 0) is 0 Å². The molecule has 4 nitrogen and oxygen atoms in total. The Balaban J connectivity index is 2.25. The number of benzene rings is 1. The molecule has 0 aliphatic rings. The van der Waals surface area contributed by atoms with Crippen molar-refractivity contribution in [3.05, 3.63) is 51.9 Å². The molecule has 2 rings (SSSR count). The zero-order chi connectivity index (χ0) is 14.0. The van der Waals surface area contributed by atoms with Crippen LogP contribution in [0.2, 0.25) is 10.2 Å². The molecule has 98 valence electrons. The minimum Gasteiger partial charge on any atom is -0.384 e. The highest BCUT2D eigenvalue weighted by Gasteiger charge is 2.10. The smallest absolute Gasteiger partial charge is 0.255 e. The number of nitrogens with two attached hydrogens (primary N) is 1. The van der Waals surface area contributed by atoms with Crippen molar-refractivity contribution in [3.63, 3.8) is 0 Å². The van der Waals surface area contributed by atoms with Gasteiger partial charge in [-0.25, -0.2) is 9.37 Å². The maximum absolute atomic E-state index is 13.1. The molecule has 1 amide bonds. The molecule has 0 saturated carbocycles. The predicted molar refractivity (Wildman–Crippen MR) is 73.0 cm³/mol. The zero-order valence-electron chi connectivity index (χ0n) is 9.45. The monoisotopic (exact) mass is 299 g/mol. The molecule has 0 bridgehead atoms. The number of pyridine rings is 1. The predicted octanol–water partition coefficient (Wildman–Crippen LogP) is 3.36. The molecule has 0 aliphatic carbocycles. The number of nitrogens with one attached hydrogen (secondary N) is 1. The van der Waals surface area contributed by atoms with Crippen molar-refractivity contribution in [2.45, 2.75) is 0 Å². The minimum atomic E-state index is -0.546. The van der Waals surface area contributed by atoms with E-state index in [1.807, 2.05) is 0 Å². The fraction of sp³-hybridized carbons (Fsp3) is 0. The Bertz CT molecular complexity index is 608. The van der Waals surface area contributed by atoms with E-state index < -0.39 is 11.7 Å². The van der Waals surface area contributed by atoms with Gasteiger partial charge in [0.2, 0.25) is 0 Å². The molecule has 0 atom stereocenters. The molecule has 2 aromatic rings. The van der Waals surface area contributed by atoms with Crippen LogP contribution in [-0.4, -0.2) is 10.9 Å².